The summed E-state index contributed by atoms with van der Waals surface area (Å²) in [4.78, 5) is 38.5. The topological polar surface area (TPSA) is 88.8 Å². The molecule has 1 N–H and O–H groups in total. The van der Waals surface area contributed by atoms with Crippen LogP contribution in [-0.4, -0.2) is 24.5 Å². The number of rotatable bonds is 5. The predicted octanol–water partition coefficient (Wildman–Crippen LogP) is 4.67. The van der Waals surface area contributed by atoms with Crippen molar-refractivity contribution < 1.29 is 23.5 Å². The van der Waals surface area contributed by atoms with Crippen molar-refractivity contribution in [1.29, 1.82) is 0 Å². The van der Waals surface area contributed by atoms with E-state index in [0.717, 1.165) is 10.5 Å². The smallest absolute Gasteiger partial charge is 0.335 e. The average molecular weight is 437 g/mol. The number of hydrogen-bond donors (Lipinski definition) is 1. The summed E-state index contributed by atoms with van der Waals surface area (Å²) in [6.45, 7) is 2.34. The number of imide groups is 2. The Labute approximate surface area is 182 Å². The summed E-state index contributed by atoms with van der Waals surface area (Å²) in [7, 11) is 0. The molecule has 2 aromatic carbocycles. The number of barbiturate groups is 1. The Morgan fingerprint density at radius 1 is 1.06 bits per heavy atom. The molecule has 1 aliphatic rings. The minimum Gasteiger partial charge on any atom is -0.494 e. The second-order valence-electron chi connectivity index (χ2n) is 6.60. The highest BCUT2D eigenvalue weighted by atomic mass is 35.5. The first-order valence-electron chi connectivity index (χ1n) is 9.46. The SMILES string of the molecule is CCOc1ccc(N2C(=O)NC(=O)/C(=C\c3ccc(-c4cccc(Cl)c4)o3)C2=O)cc1. The van der Waals surface area contributed by atoms with Gasteiger partial charge in [0, 0.05) is 10.6 Å². The van der Waals surface area contributed by atoms with Crippen LogP contribution in [0.15, 0.2) is 70.7 Å². The summed E-state index contributed by atoms with van der Waals surface area (Å²) in [5.41, 5.74) is 0.839. The van der Waals surface area contributed by atoms with Gasteiger partial charge >= 0.3 is 6.03 Å². The van der Waals surface area contributed by atoms with Gasteiger partial charge in [-0.25, -0.2) is 9.69 Å². The Kier molecular flexibility index (Phi) is 5.60. The molecule has 0 radical (unpaired) electrons. The van der Waals surface area contributed by atoms with Gasteiger partial charge in [0.05, 0.1) is 12.3 Å². The van der Waals surface area contributed by atoms with E-state index < -0.39 is 17.8 Å². The lowest BCUT2D eigenvalue weighted by Crippen LogP contribution is -2.54. The predicted molar refractivity (Wildman–Crippen MR) is 116 cm³/mol. The number of carbonyl (C=O) groups is 3. The van der Waals surface area contributed by atoms with Gasteiger partial charge in [-0.15, -0.1) is 0 Å². The monoisotopic (exact) mass is 436 g/mol. The molecule has 0 saturated carbocycles. The second kappa shape index (κ2) is 8.49. The van der Waals surface area contributed by atoms with E-state index in [1.807, 2.05) is 13.0 Å². The average Bonchev–Trinajstić information content (AvgIpc) is 3.21. The fourth-order valence-electron chi connectivity index (χ4n) is 3.12. The van der Waals surface area contributed by atoms with E-state index in [1.54, 1.807) is 54.6 Å². The van der Waals surface area contributed by atoms with E-state index >= 15 is 0 Å². The zero-order valence-corrected chi connectivity index (χ0v) is 17.2. The van der Waals surface area contributed by atoms with Crippen LogP contribution in [0.2, 0.25) is 5.02 Å². The van der Waals surface area contributed by atoms with Crippen LogP contribution in [-0.2, 0) is 9.59 Å². The van der Waals surface area contributed by atoms with Gasteiger partial charge in [-0.1, -0.05) is 23.7 Å². The summed E-state index contributed by atoms with van der Waals surface area (Å²) >= 11 is 6.01. The van der Waals surface area contributed by atoms with Crippen molar-refractivity contribution in [1.82, 2.24) is 5.32 Å². The molecule has 1 saturated heterocycles. The van der Waals surface area contributed by atoms with Crippen molar-refractivity contribution in [3.8, 4) is 17.1 Å². The number of hydrogen-bond acceptors (Lipinski definition) is 5. The van der Waals surface area contributed by atoms with Gasteiger partial charge in [0.15, 0.2) is 0 Å². The number of anilines is 1. The van der Waals surface area contributed by atoms with Crippen molar-refractivity contribution in [2.24, 2.45) is 0 Å². The molecule has 0 spiro atoms. The summed E-state index contributed by atoms with van der Waals surface area (Å²) in [6, 6.07) is 16.0. The quantitative estimate of drug-likeness (QED) is 0.464. The van der Waals surface area contributed by atoms with E-state index in [4.69, 9.17) is 20.8 Å². The number of nitrogens with one attached hydrogen (secondary N) is 1. The fraction of sp³-hybridized carbons (Fsp3) is 0.0870. The molecule has 1 aliphatic heterocycles. The van der Waals surface area contributed by atoms with Crippen molar-refractivity contribution in [3.05, 3.63) is 77.0 Å². The molecule has 0 atom stereocenters. The van der Waals surface area contributed by atoms with Gasteiger partial charge in [0.2, 0.25) is 0 Å². The Morgan fingerprint density at radius 2 is 1.84 bits per heavy atom. The van der Waals surface area contributed by atoms with E-state index in [9.17, 15) is 14.4 Å². The number of furan rings is 1. The standard InChI is InChI=1S/C23H17ClN2O5/c1-2-30-17-8-6-16(7-9-17)26-22(28)19(21(27)25-23(26)29)13-18-10-11-20(31-18)14-4-3-5-15(24)12-14/h3-13H,2H2,1H3,(H,25,27,29)/b19-13+. The largest absolute Gasteiger partial charge is 0.494 e. The van der Waals surface area contributed by atoms with Crippen LogP contribution >= 0.6 is 11.6 Å². The van der Waals surface area contributed by atoms with Gasteiger partial charge in [0.25, 0.3) is 11.8 Å². The lowest BCUT2D eigenvalue weighted by Gasteiger charge is -2.26. The third-order valence-corrected chi connectivity index (χ3v) is 4.77. The molecule has 1 fully saturated rings. The van der Waals surface area contributed by atoms with Crippen molar-refractivity contribution in [2.75, 3.05) is 11.5 Å². The summed E-state index contributed by atoms with van der Waals surface area (Å²) in [5.74, 6) is -0.129. The molecule has 0 bridgehead atoms. The minimum atomic E-state index is -0.824. The number of amides is 4. The highest BCUT2D eigenvalue weighted by Gasteiger charge is 2.37. The normalized spacial score (nSPS) is 15.4. The number of nitrogens with zero attached hydrogens (tertiary/aromatic N) is 1. The second-order valence-corrected chi connectivity index (χ2v) is 7.03. The van der Waals surface area contributed by atoms with Gasteiger partial charge in [-0.2, -0.15) is 0 Å². The highest BCUT2D eigenvalue weighted by Crippen LogP contribution is 2.28. The van der Waals surface area contributed by atoms with E-state index in [-0.39, 0.29) is 11.3 Å². The molecule has 8 heteroatoms. The Bertz CT molecular complexity index is 1200. The first-order chi connectivity index (χ1) is 15.0. The zero-order valence-electron chi connectivity index (χ0n) is 16.4. The molecule has 7 nitrogen and oxygen atoms in total. The van der Waals surface area contributed by atoms with Crippen molar-refractivity contribution in [2.45, 2.75) is 6.92 Å². The Morgan fingerprint density at radius 3 is 2.55 bits per heavy atom. The molecule has 3 aromatic rings. The molecule has 31 heavy (non-hydrogen) atoms. The number of ether oxygens (including phenoxy) is 1. The van der Waals surface area contributed by atoms with Crippen LogP contribution in [0.3, 0.4) is 0 Å². The Hall–Kier alpha value is -3.84. The molecule has 0 aliphatic carbocycles. The number of halogens is 1. The van der Waals surface area contributed by atoms with Crippen LogP contribution in [0.25, 0.3) is 17.4 Å². The van der Waals surface area contributed by atoms with Gasteiger partial charge in [-0.3, -0.25) is 14.9 Å². The number of carbonyl (C=O) groups excluding carboxylic acids is 3. The summed E-state index contributed by atoms with van der Waals surface area (Å²) in [5, 5.41) is 2.74. The maximum atomic E-state index is 13.0. The minimum absolute atomic E-state index is 0.222. The zero-order chi connectivity index (χ0) is 22.0. The Balaban J connectivity index is 1.63. The van der Waals surface area contributed by atoms with Crippen molar-refractivity contribution >= 4 is 41.2 Å². The highest BCUT2D eigenvalue weighted by molar-refractivity contribution is 6.39. The number of benzene rings is 2. The van der Waals surface area contributed by atoms with Gasteiger partial charge in [-0.05, 0) is 61.5 Å². The molecule has 1 aromatic heterocycles. The molecular formula is C23H17ClN2O5. The third-order valence-electron chi connectivity index (χ3n) is 4.53. The lowest BCUT2D eigenvalue weighted by atomic mass is 10.1. The first kappa shape index (κ1) is 20.4. The van der Waals surface area contributed by atoms with Crippen molar-refractivity contribution in [3.63, 3.8) is 0 Å². The number of urea groups is 1. The van der Waals surface area contributed by atoms with E-state index in [2.05, 4.69) is 5.32 Å². The van der Waals surface area contributed by atoms with E-state index in [0.29, 0.717) is 28.8 Å². The summed E-state index contributed by atoms with van der Waals surface area (Å²) in [6.07, 6.45) is 1.31. The van der Waals surface area contributed by atoms with Crippen LogP contribution in [0.1, 0.15) is 12.7 Å². The van der Waals surface area contributed by atoms with E-state index in [1.165, 1.54) is 6.08 Å². The van der Waals surface area contributed by atoms with Crippen LogP contribution in [0.4, 0.5) is 10.5 Å². The molecule has 156 valence electrons. The molecule has 0 unspecified atom stereocenters. The van der Waals surface area contributed by atoms with Gasteiger partial charge < -0.3 is 9.15 Å². The van der Waals surface area contributed by atoms with Crippen LogP contribution < -0.4 is 15.0 Å². The fourth-order valence-corrected chi connectivity index (χ4v) is 3.31. The molecule has 4 rings (SSSR count). The van der Waals surface area contributed by atoms with Crippen LogP contribution in [0.5, 0.6) is 5.75 Å². The maximum absolute atomic E-state index is 13.0. The molecule has 4 amide bonds. The lowest BCUT2D eigenvalue weighted by molar-refractivity contribution is -0.122. The first-order valence-corrected chi connectivity index (χ1v) is 9.84. The van der Waals surface area contributed by atoms with Crippen LogP contribution in [0, 0.1) is 0 Å². The maximum Gasteiger partial charge on any atom is 0.335 e. The molecule has 2 heterocycles. The summed E-state index contributed by atoms with van der Waals surface area (Å²) < 4.78 is 11.1. The third kappa shape index (κ3) is 4.22. The van der Waals surface area contributed by atoms with Gasteiger partial charge in [0.1, 0.15) is 22.8 Å². The molecular weight excluding hydrogens is 420 g/mol.